The minimum atomic E-state index is 0.647. The number of nitrogens with zero attached hydrogens (tertiary/aromatic N) is 1. The summed E-state index contributed by atoms with van der Waals surface area (Å²) >= 11 is 6.01. The van der Waals surface area contributed by atoms with Crippen LogP contribution in [0, 0.1) is 0 Å². The summed E-state index contributed by atoms with van der Waals surface area (Å²) in [6, 6.07) is 3.62. The molecule has 1 rings (SSSR count). The number of rotatable bonds is 6. The molecule has 1 heterocycles. The SMILES string of the molecule is CCCOc1ccc(Cl)c(CNCC)n1. The van der Waals surface area contributed by atoms with Gasteiger partial charge < -0.3 is 10.1 Å². The number of hydrogen-bond donors (Lipinski definition) is 1. The molecule has 0 radical (unpaired) electrons. The standard InChI is InChI=1S/C11H17ClN2O/c1-3-7-15-11-6-5-9(12)10(14-11)8-13-4-2/h5-6,13H,3-4,7-8H2,1-2H3. The molecule has 0 saturated carbocycles. The molecule has 0 aromatic carbocycles. The monoisotopic (exact) mass is 228 g/mol. The van der Waals surface area contributed by atoms with Gasteiger partial charge in [0.1, 0.15) is 0 Å². The third-order valence-electron chi connectivity index (χ3n) is 1.89. The first kappa shape index (κ1) is 12.3. The number of halogens is 1. The number of aromatic nitrogens is 1. The highest BCUT2D eigenvalue weighted by molar-refractivity contribution is 6.31. The summed E-state index contributed by atoms with van der Waals surface area (Å²) in [5.41, 5.74) is 0.840. The van der Waals surface area contributed by atoms with Crippen LogP contribution in [0.1, 0.15) is 26.0 Å². The van der Waals surface area contributed by atoms with E-state index in [0.29, 0.717) is 24.1 Å². The first-order chi connectivity index (χ1) is 7.27. The molecule has 0 saturated heterocycles. The first-order valence-electron chi connectivity index (χ1n) is 5.26. The van der Waals surface area contributed by atoms with Crippen molar-refractivity contribution in [3.8, 4) is 5.88 Å². The van der Waals surface area contributed by atoms with Crippen LogP contribution in [-0.2, 0) is 6.54 Å². The molecule has 0 aliphatic rings. The summed E-state index contributed by atoms with van der Waals surface area (Å²) in [6.07, 6.45) is 0.979. The van der Waals surface area contributed by atoms with E-state index in [4.69, 9.17) is 16.3 Å². The van der Waals surface area contributed by atoms with Crippen LogP contribution in [-0.4, -0.2) is 18.1 Å². The minimum Gasteiger partial charge on any atom is -0.478 e. The molecular formula is C11H17ClN2O. The maximum absolute atomic E-state index is 6.01. The van der Waals surface area contributed by atoms with Gasteiger partial charge in [0.2, 0.25) is 5.88 Å². The minimum absolute atomic E-state index is 0.647. The van der Waals surface area contributed by atoms with E-state index in [1.54, 1.807) is 6.07 Å². The second kappa shape index (κ2) is 6.64. The molecular weight excluding hydrogens is 212 g/mol. The number of hydrogen-bond acceptors (Lipinski definition) is 3. The predicted octanol–water partition coefficient (Wildman–Crippen LogP) is 2.63. The van der Waals surface area contributed by atoms with Crippen molar-refractivity contribution >= 4 is 11.6 Å². The summed E-state index contributed by atoms with van der Waals surface area (Å²) in [5.74, 6) is 0.647. The van der Waals surface area contributed by atoms with E-state index in [2.05, 4.69) is 17.2 Å². The lowest BCUT2D eigenvalue weighted by atomic mass is 10.3. The van der Waals surface area contributed by atoms with Crippen LogP contribution in [0.25, 0.3) is 0 Å². The van der Waals surface area contributed by atoms with Crippen molar-refractivity contribution in [2.24, 2.45) is 0 Å². The molecule has 0 fully saturated rings. The lowest BCUT2D eigenvalue weighted by molar-refractivity contribution is 0.304. The Kier molecular flexibility index (Phi) is 5.43. The van der Waals surface area contributed by atoms with Crippen LogP contribution in [0.4, 0.5) is 0 Å². The Morgan fingerprint density at radius 3 is 2.87 bits per heavy atom. The Morgan fingerprint density at radius 2 is 2.20 bits per heavy atom. The fourth-order valence-corrected chi connectivity index (χ4v) is 1.29. The van der Waals surface area contributed by atoms with Gasteiger partial charge in [0.05, 0.1) is 17.3 Å². The number of nitrogens with one attached hydrogen (secondary N) is 1. The molecule has 0 bridgehead atoms. The van der Waals surface area contributed by atoms with Crippen molar-refractivity contribution in [2.45, 2.75) is 26.8 Å². The van der Waals surface area contributed by atoms with Crippen molar-refractivity contribution in [1.29, 1.82) is 0 Å². The summed E-state index contributed by atoms with van der Waals surface area (Å²) < 4.78 is 5.43. The zero-order valence-corrected chi connectivity index (χ0v) is 9.97. The lowest BCUT2D eigenvalue weighted by Crippen LogP contribution is -2.13. The van der Waals surface area contributed by atoms with Crippen LogP contribution < -0.4 is 10.1 Å². The average molecular weight is 229 g/mol. The summed E-state index contributed by atoms with van der Waals surface area (Å²) in [7, 11) is 0. The Balaban J connectivity index is 2.66. The van der Waals surface area contributed by atoms with Gasteiger partial charge in [-0.25, -0.2) is 4.98 Å². The van der Waals surface area contributed by atoms with Gasteiger partial charge in [0.25, 0.3) is 0 Å². The molecule has 1 N–H and O–H groups in total. The molecule has 0 unspecified atom stereocenters. The summed E-state index contributed by atoms with van der Waals surface area (Å²) in [5, 5.41) is 3.87. The van der Waals surface area contributed by atoms with Gasteiger partial charge in [-0.05, 0) is 19.0 Å². The highest BCUT2D eigenvalue weighted by Crippen LogP contribution is 2.17. The van der Waals surface area contributed by atoms with Gasteiger partial charge in [-0.2, -0.15) is 0 Å². The van der Waals surface area contributed by atoms with Crippen molar-refractivity contribution in [3.05, 3.63) is 22.8 Å². The van der Waals surface area contributed by atoms with Gasteiger partial charge in [-0.1, -0.05) is 25.4 Å². The molecule has 84 valence electrons. The van der Waals surface area contributed by atoms with Crippen molar-refractivity contribution in [1.82, 2.24) is 10.3 Å². The number of ether oxygens (including phenoxy) is 1. The molecule has 1 aromatic heterocycles. The Morgan fingerprint density at radius 1 is 1.40 bits per heavy atom. The Labute approximate surface area is 95.8 Å². The molecule has 0 atom stereocenters. The van der Waals surface area contributed by atoms with Crippen molar-refractivity contribution in [3.63, 3.8) is 0 Å². The molecule has 1 aromatic rings. The Bertz CT molecular complexity index is 305. The Hall–Kier alpha value is -0.800. The smallest absolute Gasteiger partial charge is 0.213 e. The van der Waals surface area contributed by atoms with Crippen LogP contribution in [0.2, 0.25) is 5.02 Å². The van der Waals surface area contributed by atoms with E-state index in [9.17, 15) is 0 Å². The zero-order valence-electron chi connectivity index (χ0n) is 9.22. The highest BCUT2D eigenvalue weighted by Gasteiger charge is 2.03. The van der Waals surface area contributed by atoms with E-state index in [1.807, 2.05) is 13.0 Å². The average Bonchev–Trinajstić information content (AvgIpc) is 2.26. The van der Waals surface area contributed by atoms with Crippen LogP contribution in [0.15, 0.2) is 12.1 Å². The molecule has 0 aliphatic carbocycles. The molecule has 3 nitrogen and oxygen atoms in total. The largest absolute Gasteiger partial charge is 0.478 e. The molecule has 4 heteroatoms. The van der Waals surface area contributed by atoms with E-state index in [0.717, 1.165) is 18.7 Å². The number of pyridine rings is 1. The van der Waals surface area contributed by atoms with E-state index in [1.165, 1.54) is 0 Å². The first-order valence-corrected chi connectivity index (χ1v) is 5.64. The van der Waals surface area contributed by atoms with Gasteiger partial charge in [-0.15, -0.1) is 0 Å². The maximum atomic E-state index is 6.01. The quantitative estimate of drug-likeness (QED) is 0.813. The second-order valence-electron chi connectivity index (χ2n) is 3.21. The van der Waals surface area contributed by atoms with Gasteiger partial charge in [-0.3, -0.25) is 0 Å². The third-order valence-corrected chi connectivity index (χ3v) is 2.23. The van der Waals surface area contributed by atoms with E-state index >= 15 is 0 Å². The van der Waals surface area contributed by atoms with Gasteiger partial charge in [0, 0.05) is 12.6 Å². The summed E-state index contributed by atoms with van der Waals surface area (Å²) in [6.45, 7) is 6.38. The van der Waals surface area contributed by atoms with Gasteiger partial charge in [0.15, 0.2) is 0 Å². The van der Waals surface area contributed by atoms with Crippen LogP contribution in [0.3, 0.4) is 0 Å². The van der Waals surface area contributed by atoms with Crippen molar-refractivity contribution in [2.75, 3.05) is 13.2 Å². The topological polar surface area (TPSA) is 34.1 Å². The summed E-state index contributed by atoms with van der Waals surface area (Å²) in [4.78, 5) is 4.33. The fraction of sp³-hybridized carbons (Fsp3) is 0.545. The molecule has 15 heavy (non-hydrogen) atoms. The molecule has 0 spiro atoms. The second-order valence-corrected chi connectivity index (χ2v) is 3.61. The maximum Gasteiger partial charge on any atom is 0.213 e. The molecule has 0 aliphatic heterocycles. The van der Waals surface area contributed by atoms with E-state index in [-0.39, 0.29) is 0 Å². The predicted molar refractivity (Wildman–Crippen MR) is 62.4 cm³/mol. The highest BCUT2D eigenvalue weighted by atomic mass is 35.5. The van der Waals surface area contributed by atoms with E-state index < -0.39 is 0 Å². The van der Waals surface area contributed by atoms with Crippen LogP contribution >= 0.6 is 11.6 Å². The van der Waals surface area contributed by atoms with Crippen molar-refractivity contribution < 1.29 is 4.74 Å². The van der Waals surface area contributed by atoms with Gasteiger partial charge >= 0.3 is 0 Å². The normalized spacial score (nSPS) is 10.3. The third kappa shape index (κ3) is 4.06. The molecule has 0 amide bonds. The van der Waals surface area contributed by atoms with Crippen LogP contribution in [0.5, 0.6) is 5.88 Å². The lowest BCUT2D eigenvalue weighted by Gasteiger charge is -2.07. The fourth-order valence-electron chi connectivity index (χ4n) is 1.12. The zero-order chi connectivity index (χ0) is 11.1.